The van der Waals surface area contributed by atoms with Crippen molar-refractivity contribution in [3.8, 4) is 39.9 Å². The smallest absolute Gasteiger partial charge is 0.247 e. The van der Waals surface area contributed by atoms with Crippen LogP contribution in [0.5, 0.6) is 5.75 Å². The first-order valence-electron chi connectivity index (χ1n) is 10.1. The van der Waals surface area contributed by atoms with Gasteiger partial charge in [-0.3, -0.25) is 10.3 Å². The van der Waals surface area contributed by atoms with Crippen LogP contribution in [0.4, 0.5) is 4.39 Å². The lowest BCUT2D eigenvalue weighted by molar-refractivity contribution is 0.0205. The van der Waals surface area contributed by atoms with Crippen LogP contribution in [-0.4, -0.2) is 57.6 Å². The number of sulfonamides is 1. The number of aromatic nitrogens is 4. The maximum Gasteiger partial charge on any atom is 0.247 e. The van der Waals surface area contributed by atoms with E-state index in [1.54, 1.807) is 6.07 Å². The molecule has 0 saturated carbocycles. The highest BCUT2D eigenvalue weighted by Gasteiger charge is 2.23. The molecule has 2 aromatic carbocycles. The number of thioether (sulfide) groups is 1. The molecular formula is C21H19FN6O5S3. The van der Waals surface area contributed by atoms with E-state index in [0.29, 0.717) is 22.5 Å². The zero-order chi connectivity index (χ0) is 26.0. The van der Waals surface area contributed by atoms with Crippen LogP contribution >= 0.6 is 24.0 Å². The fourth-order valence-electron chi connectivity index (χ4n) is 3.17. The summed E-state index contributed by atoms with van der Waals surface area (Å²) >= 11 is 6.22. The molecule has 15 heteroatoms. The Morgan fingerprint density at radius 1 is 1.28 bits per heavy atom. The molecule has 0 spiro atoms. The predicted molar refractivity (Wildman–Crippen MR) is 134 cm³/mol. The van der Waals surface area contributed by atoms with Crippen molar-refractivity contribution in [3.05, 3.63) is 54.0 Å². The second-order valence-corrected chi connectivity index (χ2v) is 10.5. The van der Waals surface area contributed by atoms with Gasteiger partial charge in [0.2, 0.25) is 15.9 Å². The lowest BCUT2D eigenvalue weighted by Crippen LogP contribution is -2.17. The first kappa shape index (κ1) is 25.7. The minimum atomic E-state index is -3.90. The van der Waals surface area contributed by atoms with Crippen LogP contribution in [0.1, 0.15) is 5.69 Å². The van der Waals surface area contributed by atoms with E-state index in [1.807, 2.05) is 0 Å². The maximum absolute atomic E-state index is 14.5. The Bertz CT molecular complexity index is 1520. The first-order chi connectivity index (χ1) is 17.1. The van der Waals surface area contributed by atoms with Gasteiger partial charge < -0.3 is 9.15 Å². The molecule has 2 aromatic heterocycles. The molecule has 0 unspecified atom stereocenters. The number of rotatable bonds is 7. The summed E-state index contributed by atoms with van der Waals surface area (Å²) in [4.78, 5) is 4.48. The third-order valence-corrected chi connectivity index (χ3v) is 7.40. The summed E-state index contributed by atoms with van der Waals surface area (Å²) in [5, 5.41) is 26.1. The quantitative estimate of drug-likeness (QED) is 0.228. The van der Waals surface area contributed by atoms with Gasteiger partial charge in [0.05, 0.1) is 12.0 Å². The number of hydrogen-bond donors (Lipinski definition) is 3. The summed E-state index contributed by atoms with van der Waals surface area (Å²) in [5.74, 6) is 0.0634. The average Bonchev–Trinajstić information content (AvgIpc) is 3.49. The van der Waals surface area contributed by atoms with Crippen LogP contribution in [0.25, 0.3) is 34.2 Å². The van der Waals surface area contributed by atoms with Gasteiger partial charge in [0.15, 0.2) is 21.6 Å². The van der Waals surface area contributed by atoms with Crippen molar-refractivity contribution in [1.29, 1.82) is 0 Å². The number of H-pyrrole nitrogens is 1. The predicted octanol–water partition coefficient (Wildman–Crippen LogP) is 3.43. The van der Waals surface area contributed by atoms with E-state index >= 15 is 0 Å². The van der Waals surface area contributed by atoms with E-state index in [-0.39, 0.29) is 38.1 Å². The molecule has 0 aliphatic carbocycles. The number of primary sulfonamides is 1. The number of benzene rings is 2. The summed E-state index contributed by atoms with van der Waals surface area (Å²) in [7, 11) is -1.14. The number of halogens is 1. The van der Waals surface area contributed by atoms with Crippen molar-refractivity contribution in [2.75, 3.05) is 14.2 Å². The molecule has 4 aromatic rings. The normalized spacial score (nSPS) is 11.5. The second-order valence-electron chi connectivity index (χ2n) is 7.33. The highest BCUT2D eigenvalue weighted by molar-refractivity contribution is 8.22. The van der Waals surface area contributed by atoms with E-state index in [0.717, 1.165) is 16.8 Å². The van der Waals surface area contributed by atoms with E-state index in [2.05, 4.69) is 20.4 Å². The summed E-state index contributed by atoms with van der Waals surface area (Å²) in [6.45, 7) is 0. The van der Waals surface area contributed by atoms with Gasteiger partial charge in [-0.2, -0.15) is 0 Å². The van der Waals surface area contributed by atoms with E-state index in [4.69, 9.17) is 26.5 Å². The molecule has 0 bridgehead atoms. The van der Waals surface area contributed by atoms with Gasteiger partial charge in [-0.25, -0.2) is 28.0 Å². The molecule has 4 rings (SSSR count). The lowest BCUT2D eigenvalue weighted by atomic mass is 10.1. The molecule has 0 radical (unpaired) electrons. The average molecular weight is 551 g/mol. The van der Waals surface area contributed by atoms with Gasteiger partial charge in [-0.05, 0) is 42.5 Å². The van der Waals surface area contributed by atoms with Crippen molar-refractivity contribution in [2.24, 2.45) is 5.14 Å². The van der Waals surface area contributed by atoms with Crippen molar-refractivity contribution in [3.63, 3.8) is 0 Å². The van der Waals surface area contributed by atoms with Gasteiger partial charge >= 0.3 is 0 Å². The molecule has 0 aliphatic rings. The summed E-state index contributed by atoms with van der Waals surface area (Å²) in [5.41, 5.74) is 1.95. The minimum absolute atomic E-state index is 0.0587. The number of aromatic amines is 1. The molecule has 11 nitrogen and oxygen atoms in total. The molecule has 0 saturated heterocycles. The number of hydroxylamine groups is 2. The van der Waals surface area contributed by atoms with E-state index in [1.165, 1.54) is 50.6 Å². The third kappa shape index (κ3) is 5.39. The van der Waals surface area contributed by atoms with E-state index < -0.39 is 15.8 Å². The van der Waals surface area contributed by atoms with Crippen molar-refractivity contribution < 1.29 is 27.2 Å². The van der Waals surface area contributed by atoms with Crippen LogP contribution in [0.3, 0.4) is 0 Å². The standard InChI is InChI=1S/C21H19FN6O5S3/c1-28(29)21(34)35-10-15-18(26-27-25-15)20-24-17(12-5-8-16(32-2)14(22)9-12)19(33-20)11-3-6-13(7-4-11)36(23,30)31/h3-9,29H,10H2,1-2H3,(H2,23,30,31)(H,25,26,27). The number of oxazole rings is 1. The fourth-order valence-corrected chi connectivity index (χ4v) is 4.52. The number of hydrogen-bond acceptors (Lipinski definition) is 10. The number of ether oxygens (including phenoxy) is 1. The molecule has 0 fully saturated rings. The number of methoxy groups -OCH3 is 1. The van der Waals surface area contributed by atoms with Gasteiger partial charge in [-0.1, -0.05) is 29.2 Å². The molecule has 2 heterocycles. The molecule has 0 amide bonds. The highest BCUT2D eigenvalue weighted by atomic mass is 32.2. The largest absolute Gasteiger partial charge is 0.494 e. The first-order valence-corrected chi connectivity index (χ1v) is 13.0. The van der Waals surface area contributed by atoms with Crippen molar-refractivity contribution in [1.82, 2.24) is 25.5 Å². The van der Waals surface area contributed by atoms with Crippen LogP contribution < -0.4 is 9.88 Å². The maximum atomic E-state index is 14.5. The van der Waals surface area contributed by atoms with Crippen molar-refractivity contribution in [2.45, 2.75) is 10.6 Å². The zero-order valence-corrected chi connectivity index (χ0v) is 21.2. The lowest BCUT2D eigenvalue weighted by Gasteiger charge is -2.09. The second kappa shape index (κ2) is 10.3. The number of nitrogens with one attached hydrogen (secondary N) is 1. The molecule has 188 valence electrons. The topological polar surface area (TPSA) is 160 Å². The van der Waals surface area contributed by atoms with Gasteiger partial charge in [0.25, 0.3) is 0 Å². The summed E-state index contributed by atoms with van der Waals surface area (Å²) < 4.78 is 49.1. The Labute approximate surface area is 214 Å². The number of nitrogens with zero attached hydrogens (tertiary/aromatic N) is 4. The van der Waals surface area contributed by atoms with Crippen LogP contribution in [-0.2, 0) is 15.8 Å². The molecule has 0 aliphatic heterocycles. The van der Waals surface area contributed by atoms with Gasteiger partial charge in [0, 0.05) is 23.9 Å². The van der Waals surface area contributed by atoms with Crippen molar-refractivity contribution >= 4 is 38.3 Å². The minimum Gasteiger partial charge on any atom is -0.494 e. The number of nitrogens with two attached hydrogens (primary N) is 1. The molecular weight excluding hydrogens is 531 g/mol. The summed E-state index contributed by atoms with van der Waals surface area (Å²) in [6.07, 6.45) is 0. The number of thiocarbonyl (C=S) groups is 1. The highest BCUT2D eigenvalue weighted by Crippen LogP contribution is 2.38. The Morgan fingerprint density at radius 3 is 2.58 bits per heavy atom. The molecule has 4 N–H and O–H groups in total. The third-order valence-electron chi connectivity index (χ3n) is 4.93. The van der Waals surface area contributed by atoms with Crippen LogP contribution in [0, 0.1) is 5.82 Å². The molecule has 0 atom stereocenters. The Balaban J connectivity index is 1.80. The zero-order valence-electron chi connectivity index (χ0n) is 18.8. The Kier molecular flexibility index (Phi) is 7.37. The Morgan fingerprint density at radius 2 is 1.97 bits per heavy atom. The monoisotopic (exact) mass is 550 g/mol. The van der Waals surface area contributed by atoms with Crippen LogP contribution in [0.2, 0.25) is 0 Å². The van der Waals surface area contributed by atoms with Crippen LogP contribution in [0.15, 0.2) is 51.8 Å². The van der Waals surface area contributed by atoms with E-state index in [9.17, 15) is 18.0 Å². The summed E-state index contributed by atoms with van der Waals surface area (Å²) in [6, 6.07) is 9.99. The van der Waals surface area contributed by atoms with Gasteiger partial charge in [0.1, 0.15) is 17.1 Å². The fraction of sp³-hybridized carbons (Fsp3) is 0.143. The Hall–Kier alpha value is -3.37. The van der Waals surface area contributed by atoms with Gasteiger partial charge in [-0.15, -0.1) is 5.10 Å². The SMILES string of the molecule is COc1ccc(-c2nc(-c3[nH]nnc3CSC(=S)N(C)O)oc2-c2ccc(S(N)(=O)=O)cc2)cc1F. The molecule has 36 heavy (non-hydrogen) atoms.